The third-order valence-corrected chi connectivity index (χ3v) is 4.13. The number of carbonyl (C=O) groups is 2. The quantitative estimate of drug-likeness (QED) is 0.782. The summed E-state index contributed by atoms with van der Waals surface area (Å²) in [6.45, 7) is 0.658. The first-order chi connectivity index (χ1) is 10.1. The Balaban J connectivity index is 1.72. The smallest absolute Gasteiger partial charge is 0.241 e. The van der Waals surface area contributed by atoms with Gasteiger partial charge in [0.25, 0.3) is 0 Å². The highest BCUT2D eigenvalue weighted by molar-refractivity contribution is 6.34. The summed E-state index contributed by atoms with van der Waals surface area (Å²) in [6, 6.07) is 3.12. The molecule has 3 N–H and O–H groups in total. The fourth-order valence-corrected chi connectivity index (χ4v) is 2.86. The van der Waals surface area contributed by atoms with Crippen LogP contribution in [0.15, 0.2) is 12.1 Å². The number of ether oxygens (including phenoxy) is 1. The number of methoxy groups -OCH3 is 1. The Hall–Kier alpha value is -1.63. The van der Waals surface area contributed by atoms with Gasteiger partial charge in [-0.25, -0.2) is 0 Å². The molecule has 112 valence electrons. The third-order valence-electron chi connectivity index (χ3n) is 3.82. The van der Waals surface area contributed by atoms with E-state index in [9.17, 15) is 9.59 Å². The molecule has 0 saturated carbocycles. The molecular formula is C14H16ClN3O3. The molecule has 2 aliphatic rings. The van der Waals surface area contributed by atoms with E-state index in [0.717, 1.165) is 5.56 Å². The fourth-order valence-electron chi connectivity index (χ4n) is 2.65. The lowest BCUT2D eigenvalue weighted by atomic mass is 10.1. The van der Waals surface area contributed by atoms with Crippen LogP contribution >= 0.6 is 11.6 Å². The minimum Gasteiger partial charge on any atom is -0.380 e. The van der Waals surface area contributed by atoms with Crippen LogP contribution in [0.1, 0.15) is 12.0 Å². The number of carbonyl (C=O) groups excluding carboxylic acids is 2. The van der Waals surface area contributed by atoms with Crippen molar-refractivity contribution in [2.24, 2.45) is 0 Å². The molecule has 2 atom stereocenters. The number of fused-ring (bicyclic) bond motifs is 1. The molecule has 3 rings (SSSR count). The van der Waals surface area contributed by atoms with Crippen molar-refractivity contribution < 1.29 is 14.3 Å². The highest BCUT2D eigenvalue weighted by Crippen LogP contribution is 2.33. The SMILES string of the molecule is COC1CNC(C(=O)Nc2cc3c(cc2Cl)NC(=O)C3)C1. The first-order valence-corrected chi connectivity index (χ1v) is 7.14. The molecule has 6 nitrogen and oxygen atoms in total. The molecule has 1 aromatic carbocycles. The lowest BCUT2D eigenvalue weighted by molar-refractivity contribution is -0.118. The number of amides is 2. The summed E-state index contributed by atoms with van der Waals surface area (Å²) in [5.74, 6) is -0.210. The van der Waals surface area contributed by atoms with E-state index < -0.39 is 0 Å². The summed E-state index contributed by atoms with van der Waals surface area (Å²) < 4.78 is 5.22. The van der Waals surface area contributed by atoms with Gasteiger partial charge in [-0.2, -0.15) is 0 Å². The maximum atomic E-state index is 12.2. The van der Waals surface area contributed by atoms with Gasteiger partial charge in [-0.05, 0) is 24.1 Å². The Morgan fingerprint density at radius 1 is 1.48 bits per heavy atom. The van der Waals surface area contributed by atoms with Crippen LogP contribution in [0.2, 0.25) is 5.02 Å². The number of rotatable bonds is 3. The summed E-state index contributed by atoms with van der Waals surface area (Å²) in [7, 11) is 1.63. The average molecular weight is 310 g/mol. The van der Waals surface area contributed by atoms with Crippen molar-refractivity contribution in [1.82, 2.24) is 5.32 Å². The van der Waals surface area contributed by atoms with Gasteiger partial charge in [-0.1, -0.05) is 11.6 Å². The molecule has 0 aromatic heterocycles. The zero-order valence-corrected chi connectivity index (χ0v) is 12.3. The highest BCUT2D eigenvalue weighted by Gasteiger charge is 2.30. The average Bonchev–Trinajstić information content (AvgIpc) is 3.04. The Morgan fingerprint density at radius 3 is 3.00 bits per heavy atom. The molecular weight excluding hydrogens is 294 g/mol. The van der Waals surface area contributed by atoms with Gasteiger partial charge in [0, 0.05) is 19.3 Å². The molecule has 7 heteroatoms. The van der Waals surface area contributed by atoms with Crippen LogP contribution in [0.4, 0.5) is 11.4 Å². The van der Waals surface area contributed by atoms with Crippen molar-refractivity contribution in [3.63, 3.8) is 0 Å². The van der Waals surface area contributed by atoms with E-state index in [-0.39, 0.29) is 24.0 Å². The molecule has 2 amide bonds. The van der Waals surface area contributed by atoms with Crippen molar-refractivity contribution in [1.29, 1.82) is 0 Å². The maximum absolute atomic E-state index is 12.2. The van der Waals surface area contributed by atoms with Gasteiger partial charge in [-0.15, -0.1) is 0 Å². The zero-order chi connectivity index (χ0) is 15.0. The van der Waals surface area contributed by atoms with Crippen LogP contribution in [-0.4, -0.2) is 37.6 Å². The number of benzene rings is 1. The number of hydrogen-bond donors (Lipinski definition) is 3. The molecule has 0 radical (unpaired) electrons. The molecule has 1 fully saturated rings. The third kappa shape index (κ3) is 2.88. The lowest BCUT2D eigenvalue weighted by Crippen LogP contribution is -2.35. The van der Waals surface area contributed by atoms with Crippen LogP contribution in [0, 0.1) is 0 Å². The van der Waals surface area contributed by atoms with Crippen LogP contribution < -0.4 is 16.0 Å². The molecule has 2 unspecified atom stereocenters. The van der Waals surface area contributed by atoms with E-state index in [1.54, 1.807) is 19.2 Å². The van der Waals surface area contributed by atoms with Gasteiger partial charge in [0.2, 0.25) is 11.8 Å². The normalized spacial score (nSPS) is 23.8. The van der Waals surface area contributed by atoms with Crippen molar-refractivity contribution >= 4 is 34.8 Å². The predicted molar refractivity (Wildman–Crippen MR) is 79.6 cm³/mol. The Labute approximate surface area is 127 Å². The number of hydrogen-bond acceptors (Lipinski definition) is 4. The maximum Gasteiger partial charge on any atom is 0.241 e. The first kappa shape index (κ1) is 14.3. The Morgan fingerprint density at radius 2 is 2.29 bits per heavy atom. The number of nitrogens with one attached hydrogen (secondary N) is 3. The second-order valence-corrected chi connectivity index (χ2v) is 5.66. The van der Waals surface area contributed by atoms with Gasteiger partial charge in [-0.3, -0.25) is 9.59 Å². The molecule has 2 heterocycles. The standard InChI is InChI=1S/C14H16ClN3O3/c1-21-8-4-12(16-6-8)14(20)18-11-2-7-3-13(19)17-10(7)5-9(11)15/h2,5,8,12,16H,3-4,6H2,1H3,(H,17,19)(H,18,20). The van der Waals surface area contributed by atoms with Gasteiger partial charge >= 0.3 is 0 Å². The zero-order valence-electron chi connectivity index (χ0n) is 11.5. The second kappa shape index (κ2) is 5.63. The Kier molecular flexibility index (Phi) is 3.84. The van der Waals surface area contributed by atoms with Gasteiger partial charge in [0.1, 0.15) is 0 Å². The first-order valence-electron chi connectivity index (χ1n) is 6.76. The van der Waals surface area contributed by atoms with E-state index in [2.05, 4.69) is 16.0 Å². The van der Waals surface area contributed by atoms with Crippen LogP contribution in [0.25, 0.3) is 0 Å². The molecule has 0 aliphatic carbocycles. The Bertz CT molecular complexity index is 605. The lowest BCUT2D eigenvalue weighted by Gasteiger charge is -2.13. The van der Waals surface area contributed by atoms with Gasteiger partial charge < -0.3 is 20.7 Å². The molecule has 2 aliphatic heterocycles. The van der Waals surface area contributed by atoms with Crippen LogP contribution in [0.5, 0.6) is 0 Å². The molecule has 1 saturated heterocycles. The summed E-state index contributed by atoms with van der Waals surface area (Å²) in [5.41, 5.74) is 2.08. The van der Waals surface area contributed by atoms with Crippen molar-refractivity contribution in [2.45, 2.75) is 25.0 Å². The van der Waals surface area contributed by atoms with E-state index >= 15 is 0 Å². The molecule has 1 aromatic rings. The molecule has 0 spiro atoms. The molecule has 0 bridgehead atoms. The van der Waals surface area contributed by atoms with Crippen molar-refractivity contribution in [2.75, 3.05) is 24.3 Å². The topological polar surface area (TPSA) is 79.5 Å². The molecule has 21 heavy (non-hydrogen) atoms. The van der Waals surface area contributed by atoms with E-state index in [1.165, 1.54) is 0 Å². The number of halogens is 1. The highest BCUT2D eigenvalue weighted by atomic mass is 35.5. The minimum absolute atomic E-state index is 0.0538. The monoisotopic (exact) mass is 309 g/mol. The second-order valence-electron chi connectivity index (χ2n) is 5.26. The van der Waals surface area contributed by atoms with Crippen molar-refractivity contribution in [3.8, 4) is 0 Å². The predicted octanol–water partition coefficient (Wildman–Crippen LogP) is 1.15. The summed E-state index contributed by atoms with van der Waals surface area (Å²) in [4.78, 5) is 23.6. The van der Waals surface area contributed by atoms with E-state index in [4.69, 9.17) is 16.3 Å². The summed E-state index contributed by atoms with van der Waals surface area (Å²) in [5, 5.41) is 9.05. The summed E-state index contributed by atoms with van der Waals surface area (Å²) >= 11 is 6.15. The van der Waals surface area contributed by atoms with Crippen molar-refractivity contribution in [3.05, 3.63) is 22.7 Å². The van der Waals surface area contributed by atoms with Crippen LogP contribution in [0.3, 0.4) is 0 Å². The fraction of sp³-hybridized carbons (Fsp3) is 0.429. The van der Waals surface area contributed by atoms with Gasteiger partial charge in [0.15, 0.2) is 0 Å². The van der Waals surface area contributed by atoms with Gasteiger partial charge in [0.05, 0.1) is 29.3 Å². The van der Waals surface area contributed by atoms with E-state index in [1.807, 2.05) is 0 Å². The van der Waals surface area contributed by atoms with E-state index in [0.29, 0.717) is 35.8 Å². The summed E-state index contributed by atoms with van der Waals surface area (Å²) in [6.07, 6.45) is 0.992. The van der Waals surface area contributed by atoms with Crippen LogP contribution in [-0.2, 0) is 20.7 Å². The minimum atomic E-state index is -0.293. The number of anilines is 2. The largest absolute Gasteiger partial charge is 0.380 e.